The molecular formula is C9H13ClN2OS. The van der Waals surface area contributed by atoms with Crippen molar-refractivity contribution < 1.29 is 5.11 Å². The number of aromatic nitrogens is 2. The molecule has 1 N–H and O–H groups in total. The molecule has 5 heteroatoms. The van der Waals surface area contributed by atoms with E-state index in [2.05, 4.69) is 9.97 Å². The summed E-state index contributed by atoms with van der Waals surface area (Å²) in [6.45, 7) is 5.79. The van der Waals surface area contributed by atoms with Crippen molar-refractivity contribution in [3.63, 3.8) is 0 Å². The number of rotatable bonds is 3. The van der Waals surface area contributed by atoms with Crippen molar-refractivity contribution in [3.05, 3.63) is 16.5 Å². The maximum atomic E-state index is 8.90. The monoisotopic (exact) mass is 232 g/mol. The van der Waals surface area contributed by atoms with Gasteiger partial charge in [0.2, 0.25) is 0 Å². The zero-order chi connectivity index (χ0) is 10.7. The van der Waals surface area contributed by atoms with Crippen molar-refractivity contribution >= 4 is 23.4 Å². The summed E-state index contributed by atoms with van der Waals surface area (Å²) in [6.07, 6.45) is 0. The van der Waals surface area contributed by atoms with Crippen LogP contribution >= 0.6 is 23.4 Å². The quantitative estimate of drug-likeness (QED) is 0.812. The standard InChI is InChI=1S/C9H13ClN2OS/c1-5(4-13)14-9-8(10)11-6(2)7(3)12-9/h5,13H,4H2,1-3H3. The second kappa shape index (κ2) is 4.96. The van der Waals surface area contributed by atoms with Gasteiger partial charge < -0.3 is 5.11 Å². The highest BCUT2D eigenvalue weighted by Gasteiger charge is 2.11. The molecule has 0 aliphatic rings. The smallest absolute Gasteiger partial charge is 0.161 e. The molecule has 0 aliphatic heterocycles. The molecule has 1 rings (SSSR count). The SMILES string of the molecule is Cc1nc(Cl)c(SC(C)CO)nc1C. The van der Waals surface area contributed by atoms with Crippen molar-refractivity contribution in [1.82, 2.24) is 9.97 Å². The Hall–Kier alpha value is -0.320. The van der Waals surface area contributed by atoms with Crippen molar-refractivity contribution in [1.29, 1.82) is 0 Å². The number of hydrogen-bond acceptors (Lipinski definition) is 4. The molecule has 0 amide bonds. The molecule has 0 aromatic carbocycles. The van der Waals surface area contributed by atoms with E-state index >= 15 is 0 Å². The Morgan fingerprint density at radius 1 is 1.36 bits per heavy atom. The molecule has 0 saturated carbocycles. The van der Waals surface area contributed by atoms with Crippen LogP contribution in [-0.2, 0) is 0 Å². The molecule has 3 nitrogen and oxygen atoms in total. The second-order valence-electron chi connectivity index (χ2n) is 3.10. The molecule has 78 valence electrons. The summed E-state index contributed by atoms with van der Waals surface area (Å²) in [4.78, 5) is 8.48. The second-order valence-corrected chi connectivity index (χ2v) is 4.89. The van der Waals surface area contributed by atoms with Crippen molar-refractivity contribution in [2.45, 2.75) is 31.0 Å². The third-order valence-corrected chi connectivity index (χ3v) is 3.24. The number of aliphatic hydroxyl groups excluding tert-OH is 1. The topological polar surface area (TPSA) is 46.0 Å². The van der Waals surface area contributed by atoms with E-state index in [9.17, 15) is 0 Å². The molecule has 1 unspecified atom stereocenters. The Balaban J connectivity index is 2.92. The van der Waals surface area contributed by atoms with Crippen LogP contribution in [0.2, 0.25) is 5.15 Å². The summed E-state index contributed by atoms with van der Waals surface area (Å²) in [6, 6.07) is 0. The number of nitrogens with zero attached hydrogens (tertiary/aromatic N) is 2. The molecule has 0 saturated heterocycles. The Bertz CT molecular complexity index is 333. The molecule has 0 aliphatic carbocycles. The van der Waals surface area contributed by atoms with E-state index in [1.165, 1.54) is 11.8 Å². The maximum Gasteiger partial charge on any atom is 0.161 e. The first-order chi connectivity index (χ1) is 6.54. The van der Waals surface area contributed by atoms with Crippen molar-refractivity contribution in [3.8, 4) is 0 Å². The van der Waals surface area contributed by atoms with Crippen molar-refractivity contribution in [2.24, 2.45) is 0 Å². The zero-order valence-corrected chi connectivity index (χ0v) is 9.98. The van der Waals surface area contributed by atoms with Crippen LogP contribution in [0.1, 0.15) is 18.3 Å². The Morgan fingerprint density at radius 2 is 1.93 bits per heavy atom. The van der Waals surface area contributed by atoms with Gasteiger partial charge in [-0.25, -0.2) is 9.97 Å². The van der Waals surface area contributed by atoms with Crippen LogP contribution in [0.15, 0.2) is 5.03 Å². The predicted molar refractivity (Wildman–Crippen MR) is 58.9 cm³/mol. The molecular weight excluding hydrogens is 220 g/mol. The first kappa shape index (κ1) is 11.8. The molecule has 1 aromatic rings. The van der Waals surface area contributed by atoms with Gasteiger partial charge in [0, 0.05) is 5.25 Å². The number of halogens is 1. The molecule has 0 bridgehead atoms. The van der Waals surface area contributed by atoms with Gasteiger partial charge in [0.15, 0.2) is 5.15 Å². The van der Waals surface area contributed by atoms with Gasteiger partial charge in [0.05, 0.1) is 18.0 Å². The normalized spacial score (nSPS) is 12.9. The fourth-order valence-corrected chi connectivity index (χ4v) is 1.95. The summed E-state index contributed by atoms with van der Waals surface area (Å²) >= 11 is 7.36. The zero-order valence-electron chi connectivity index (χ0n) is 8.41. The minimum absolute atomic E-state index is 0.0870. The fraction of sp³-hybridized carbons (Fsp3) is 0.556. The predicted octanol–water partition coefficient (Wildman–Crippen LogP) is 2.22. The fourth-order valence-electron chi connectivity index (χ4n) is 0.858. The summed E-state index contributed by atoms with van der Waals surface area (Å²) in [7, 11) is 0. The lowest BCUT2D eigenvalue weighted by atomic mass is 10.4. The van der Waals surface area contributed by atoms with Gasteiger partial charge >= 0.3 is 0 Å². The van der Waals surface area contributed by atoms with E-state index in [1.807, 2.05) is 20.8 Å². The molecule has 1 heterocycles. The van der Waals surface area contributed by atoms with Crippen LogP contribution in [0.5, 0.6) is 0 Å². The molecule has 0 fully saturated rings. The van der Waals surface area contributed by atoms with Gasteiger partial charge in [-0.05, 0) is 13.8 Å². The van der Waals surface area contributed by atoms with Gasteiger partial charge in [-0.3, -0.25) is 0 Å². The average Bonchev–Trinajstić information content (AvgIpc) is 2.14. The molecule has 14 heavy (non-hydrogen) atoms. The van der Waals surface area contributed by atoms with Gasteiger partial charge in [-0.15, -0.1) is 0 Å². The van der Waals surface area contributed by atoms with Crippen LogP contribution < -0.4 is 0 Å². The highest BCUT2D eigenvalue weighted by Crippen LogP contribution is 2.27. The number of hydrogen-bond donors (Lipinski definition) is 1. The van der Waals surface area contributed by atoms with E-state index in [1.54, 1.807) is 0 Å². The lowest BCUT2D eigenvalue weighted by Gasteiger charge is -2.09. The van der Waals surface area contributed by atoms with Crippen molar-refractivity contribution in [2.75, 3.05) is 6.61 Å². The third kappa shape index (κ3) is 2.83. The first-order valence-corrected chi connectivity index (χ1v) is 5.58. The minimum atomic E-state index is 0.0870. The van der Waals surface area contributed by atoms with Gasteiger partial charge in [-0.1, -0.05) is 30.3 Å². The van der Waals surface area contributed by atoms with Gasteiger partial charge in [0.25, 0.3) is 0 Å². The largest absolute Gasteiger partial charge is 0.395 e. The summed E-state index contributed by atoms with van der Waals surface area (Å²) in [5, 5.41) is 10.1. The Morgan fingerprint density at radius 3 is 2.50 bits per heavy atom. The van der Waals surface area contributed by atoms with E-state index in [-0.39, 0.29) is 11.9 Å². The molecule has 1 aromatic heterocycles. The highest BCUT2D eigenvalue weighted by atomic mass is 35.5. The Kier molecular flexibility index (Phi) is 4.16. The highest BCUT2D eigenvalue weighted by molar-refractivity contribution is 8.00. The summed E-state index contributed by atoms with van der Waals surface area (Å²) < 4.78 is 0. The Labute approximate surface area is 92.9 Å². The average molecular weight is 233 g/mol. The van der Waals surface area contributed by atoms with Crippen LogP contribution in [-0.4, -0.2) is 26.9 Å². The summed E-state index contributed by atoms with van der Waals surface area (Å²) in [5.74, 6) is 0. The first-order valence-electron chi connectivity index (χ1n) is 4.33. The van der Waals surface area contributed by atoms with E-state index in [0.29, 0.717) is 10.2 Å². The van der Waals surface area contributed by atoms with Gasteiger partial charge in [0.1, 0.15) is 5.03 Å². The minimum Gasteiger partial charge on any atom is -0.395 e. The number of aryl methyl sites for hydroxylation is 2. The lowest BCUT2D eigenvalue weighted by Crippen LogP contribution is -2.04. The lowest BCUT2D eigenvalue weighted by molar-refractivity contribution is 0.300. The van der Waals surface area contributed by atoms with E-state index < -0.39 is 0 Å². The number of thioether (sulfide) groups is 1. The van der Waals surface area contributed by atoms with Crippen LogP contribution in [0.3, 0.4) is 0 Å². The third-order valence-electron chi connectivity index (χ3n) is 1.81. The van der Waals surface area contributed by atoms with E-state index in [4.69, 9.17) is 16.7 Å². The molecule has 0 radical (unpaired) electrons. The number of aliphatic hydroxyl groups is 1. The van der Waals surface area contributed by atoms with Crippen LogP contribution in [0, 0.1) is 13.8 Å². The van der Waals surface area contributed by atoms with Crippen LogP contribution in [0.25, 0.3) is 0 Å². The van der Waals surface area contributed by atoms with Crippen LogP contribution in [0.4, 0.5) is 0 Å². The molecule has 1 atom stereocenters. The maximum absolute atomic E-state index is 8.90. The molecule has 0 spiro atoms. The summed E-state index contributed by atoms with van der Waals surface area (Å²) in [5.41, 5.74) is 1.72. The van der Waals surface area contributed by atoms with E-state index in [0.717, 1.165) is 11.4 Å². The van der Waals surface area contributed by atoms with Gasteiger partial charge in [-0.2, -0.15) is 0 Å².